The van der Waals surface area contributed by atoms with Gasteiger partial charge in [0.2, 0.25) is 0 Å². The monoisotopic (exact) mass is 414 g/mol. The van der Waals surface area contributed by atoms with Crippen LogP contribution < -0.4 is 21.3 Å². The normalized spacial score (nSPS) is 16.0. The van der Waals surface area contributed by atoms with Gasteiger partial charge in [-0.1, -0.05) is 25.0 Å². The Morgan fingerprint density at radius 3 is 2.27 bits per heavy atom. The average Bonchev–Trinajstić information content (AvgIpc) is 3.04. The number of rotatable bonds is 6. The zero-order valence-electron chi connectivity index (χ0n) is 17.9. The molecule has 1 aromatic heterocycles. The zero-order valence-corrected chi connectivity index (χ0v) is 17.9. The molecule has 1 N–H and O–H groups in total. The second-order valence-corrected chi connectivity index (χ2v) is 7.72. The van der Waals surface area contributed by atoms with Gasteiger partial charge in [-0.15, -0.1) is 0 Å². The van der Waals surface area contributed by atoms with Crippen LogP contribution in [0.3, 0.4) is 0 Å². The number of nitrogens with one attached hydrogen (secondary N) is 1. The Kier molecular flexibility index (Phi) is 7.10. The van der Waals surface area contributed by atoms with Crippen LogP contribution in [0.1, 0.15) is 47.8 Å². The molecule has 0 radical (unpaired) electrons. The van der Waals surface area contributed by atoms with Gasteiger partial charge in [0.15, 0.2) is 0 Å². The van der Waals surface area contributed by atoms with Crippen LogP contribution in [0.4, 0.5) is 0 Å². The number of aromatic nitrogens is 2. The molecule has 1 aliphatic rings. The van der Waals surface area contributed by atoms with Gasteiger partial charge in [0.05, 0.1) is 13.2 Å². The van der Waals surface area contributed by atoms with Crippen LogP contribution in [-0.4, -0.2) is 46.7 Å². The van der Waals surface area contributed by atoms with Gasteiger partial charge in [-0.2, -0.15) is 0 Å². The third-order valence-corrected chi connectivity index (χ3v) is 5.80. The van der Waals surface area contributed by atoms with E-state index >= 15 is 0 Å². The number of carbonyl (C=O) groups is 1. The first-order valence-electron chi connectivity index (χ1n) is 10.4. The maximum Gasteiger partial charge on any atom is 0.331 e. The molecule has 1 aromatic carbocycles. The maximum atomic E-state index is 12.8. The van der Waals surface area contributed by atoms with Gasteiger partial charge in [0.25, 0.3) is 11.5 Å². The molecular formula is C22H30N4O4. The third-order valence-electron chi connectivity index (χ3n) is 5.80. The van der Waals surface area contributed by atoms with Crippen molar-refractivity contribution in [2.24, 2.45) is 14.1 Å². The highest BCUT2D eigenvalue weighted by molar-refractivity contribution is 5.92. The van der Waals surface area contributed by atoms with Gasteiger partial charge >= 0.3 is 5.69 Å². The Bertz CT molecular complexity index is 986. The highest BCUT2D eigenvalue weighted by Gasteiger charge is 2.23. The van der Waals surface area contributed by atoms with Crippen molar-refractivity contribution in [1.82, 2.24) is 19.4 Å². The maximum absolute atomic E-state index is 12.8. The van der Waals surface area contributed by atoms with E-state index in [1.165, 1.54) is 37.6 Å². The molecule has 0 aliphatic carbocycles. The first-order valence-corrected chi connectivity index (χ1v) is 10.4. The van der Waals surface area contributed by atoms with E-state index < -0.39 is 17.2 Å². The summed E-state index contributed by atoms with van der Waals surface area (Å²) in [4.78, 5) is 39.3. The molecule has 0 saturated carbocycles. The van der Waals surface area contributed by atoms with Crippen LogP contribution in [0.5, 0.6) is 5.75 Å². The van der Waals surface area contributed by atoms with Crippen LogP contribution in [0, 0.1) is 0 Å². The molecule has 1 saturated heterocycles. The van der Waals surface area contributed by atoms with Gasteiger partial charge in [0, 0.05) is 26.7 Å². The number of hydrogen-bond donors (Lipinski definition) is 1. The molecular weight excluding hydrogens is 384 g/mol. The lowest BCUT2D eigenvalue weighted by molar-refractivity contribution is 0.0923. The lowest BCUT2D eigenvalue weighted by Gasteiger charge is -2.31. The summed E-state index contributed by atoms with van der Waals surface area (Å²) in [6, 6.07) is 9.09. The Balaban J connectivity index is 1.83. The van der Waals surface area contributed by atoms with Crippen molar-refractivity contribution >= 4 is 5.91 Å². The van der Waals surface area contributed by atoms with Gasteiger partial charge in [0.1, 0.15) is 11.4 Å². The van der Waals surface area contributed by atoms with E-state index in [1.807, 2.05) is 24.3 Å². The fourth-order valence-corrected chi connectivity index (χ4v) is 3.92. The summed E-state index contributed by atoms with van der Waals surface area (Å²) >= 11 is 0. The molecule has 30 heavy (non-hydrogen) atoms. The van der Waals surface area contributed by atoms with E-state index in [-0.39, 0.29) is 11.7 Å². The summed E-state index contributed by atoms with van der Waals surface area (Å²) in [6.45, 7) is 2.32. The van der Waals surface area contributed by atoms with Crippen LogP contribution in [0.2, 0.25) is 0 Å². The molecule has 8 heteroatoms. The van der Waals surface area contributed by atoms with Crippen LogP contribution in [-0.2, 0) is 14.1 Å². The van der Waals surface area contributed by atoms with E-state index in [1.54, 1.807) is 7.11 Å². The minimum absolute atomic E-state index is 0.00142. The molecule has 1 fully saturated rings. The fraction of sp³-hybridized carbons (Fsp3) is 0.500. The van der Waals surface area contributed by atoms with E-state index in [0.29, 0.717) is 6.54 Å². The Hall–Kier alpha value is -2.87. The van der Waals surface area contributed by atoms with E-state index in [0.717, 1.165) is 41.8 Å². The summed E-state index contributed by atoms with van der Waals surface area (Å²) in [7, 11) is 4.52. The van der Waals surface area contributed by atoms with Gasteiger partial charge < -0.3 is 10.1 Å². The summed E-state index contributed by atoms with van der Waals surface area (Å²) in [5.74, 6) is 0.355. The van der Waals surface area contributed by atoms with Crippen molar-refractivity contribution in [3.8, 4) is 5.75 Å². The number of hydrogen-bond acceptors (Lipinski definition) is 5. The second kappa shape index (κ2) is 9.75. The van der Waals surface area contributed by atoms with E-state index in [4.69, 9.17) is 4.74 Å². The molecule has 0 bridgehead atoms. The minimum atomic E-state index is -0.521. The number of carbonyl (C=O) groups excluding carboxylic acids is 1. The first kappa shape index (κ1) is 21.8. The van der Waals surface area contributed by atoms with Gasteiger partial charge in [-0.25, -0.2) is 4.79 Å². The van der Waals surface area contributed by atoms with Crippen LogP contribution in [0.25, 0.3) is 0 Å². The van der Waals surface area contributed by atoms with Gasteiger partial charge in [-0.05, 0) is 43.6 Å². The molecule has 0 spiro atoms. The Labute approximate surface area is 176 Å². The largest absolute Gasteiger partial charge is 0.497 e. The van der Waals surface area contributed by atoms with E-state index in [9.17, 15) is 14.4 Å². The van der Waals surface area contributed by atoms with Crippen LogP contribution >= 0.6 is 0 Å². The van der Waals surface area contributed by atoms with Crippen molar-refractivity contribution in [2.45, 2.75) is 31.7 Å². The number of methoxy groups -OCH3 is 1. The molecule has 2 heterocycles. The number of benzene rings is 1. The summed E-state index contributed by atoms with van der Waals surface area (Å²) in [5.41, 5.74) is 0.137. The number of ether oxygens (including phenoxy) is 1. The van der Waals surface area contributed by atoms with Crippen molar-refractivity contribution in [1.29, 1.82) is 0 Å². The molecule has 8 nitrogen and oxygen atoms in total. The predicted octanol–water partition coefficient (Wildman–Crippen LogP) is 1.44. The molecule has 1 aliphatic heterocycles. The summed E-state index contributed by atoms with van der Waals surface area (Å²) < 4.78 is 7.45. The lowest BCUT2D eigenvalue weighted by Crippen LogP contribution is -2.43. The van der Waals surface area contributed by atoms with Crippen molar-refractivity contribution in [2.75, 3.05) is 26.7 Å². The number of likely N-dealkylation sites (tertiary alicyclic amines) is 1. The standard InChI is InChI=1S/C22H30N4O4/c1-24-18(14-20(27)25(2)22(24)29)21(28)23-15-19(26-12-6-4-5-7-13-26)16-8-10-17(30-3)11-9-16/h8-11,14,19H,4-7,12-13,15H2,1-3H3,(H,23,28)/t19-/m1/s1. The molecule has 2 aromatic rings. The predicted molar refractivity (Wildman–Crippen MR) is 115 cm³/mol. The highest BCUT2D eigenvalue weighted by Crippen LogP contribution is 2.25. The molecule has 162 valence electrons. The van der Waals surface area contributed by atoms with Crippen LogP contribution in [0.15, 0.2) is 39.9 Å². The number of nitrogens with zero attached hydrogens (tertiary/aromatic N) is 3. The SMILES string of the molecule is COc1ccc([C@@H](CNC(=O)c2cc(=O)n(C)c(=O)n2C)N2CCCCCC2)cc1. The topological polar surface area (TPSA) is 85.6 Å². The number of amides is 1. The zero-order chi connectivity index (χ0) is 21.7. The van der Waals surface area contributed by atoms with Crippen molar-refractivity contribution in [3.05, 3.63) is 62.4 Å². The van der Waals surface area contributed by atoms with Gasteiger partial charge in [-0.3, -0.25) is 23.6 Å². The first-order chi connectivity index (χ1) is 14.4. The smallest absolute Gasteiger partial charge is 0.331 e. The van der Waals surface area contributed by atoms with Crippen molar-refractivity contribution in [3.63, 3.8) is 0 Å². The summed E-state index contributed by atoms with van der Waals surface area (Å²) in [5, 5.41) is 2.94. The second-order valence-electron chi connectivity index (χ2n) is 7.72. The summed E-state index contributed by atoms with van der Waals surface area (Å²) in [6.07, 6.45) is 4.69. The average molecular weight is 415 g/mol. The third kappa shape index (κ3) is 4.81. The Morgan fingerprint density at radius 1 is 1.03 bits per heavy atom. The molecule has 1 atom stereocenters. The minimum Gasteiger partial charge on any atom is -0.497 e. The quantitative estimate of drug-likeness (QED) is 0.773. The molecule has 1 amide bonds. The van der Waals surface area contributed by atoms with E-state index in [2.05, 4.69) is 10.2 Å². The molecule has 0 unspecified atom stereocenters. The Morgan fingerprint density at radius 2 is 1.67 bits per heavy atom. The fourth-order valence-electron chi connectivity index (χ4n) is 3.92. The van der Waals surface area contributed by atoms with Crippen molar-refractivity contribution < 1.29 is 9.53 Å². The highest BCUT2D eigenvalue weighted by atomic mass is 16.5. The lowest BCUT2D eigenvalue weighted by atomic mass is 10.0. The molecule has 3 rings (SSSR count).